The second-order valence-electron chi connectivity index (χ2n) is 5.86. The summed E-state index contributed by atoms with van der Waals surface area (Å²) in [6.45, 7) is 3.83. The number of nitrogens with one attached hydrogen (secondary N) is 2. The lowest BCUT2D eigenvalue weighted by Crippen LogP contribution is -2.33. The molecule has 1 aliphatic rings. The standard InChI is InChI=1S/C17H27N3O/c1-20(16-6-3-2-4-7-16)13-5-10-19-17(21)14-15-8-11-18-12-9-15/h2-4,6-7,15,18H,5,8-14H2,1H3,(H,19,21). The predicted octanol–water partition coefficient (Wildman–Crippen LogP) is 2.02. The van der Waals surface area contributed by atoms with Gasteiger partial charge in [0.2, 0.25) is 5.91 Å². The van der Waals surface area contributed by atoms with Crippen molar-refractivity contribution in [2.45, 2.75) is 25.7 Å². The first-order valence-corrected chi connectivity index (χ1v) is 7.99. The molecule has 0 bridgehead atoms. The Morgan fingerprint density at radius 1 is 1.29 bits per heavy atom. The topological polar surface area (TPSA) is 44.4 Å². The molecule has 1 saturated heterocycles. The van der Waals surface area contributed by atoms with E-state index in [2.05, 4.69) is 34.7 Å². The summed E-state index contributed by atoms with van der Waals surface area (Å²) in [4.78, 5) is 14.1. The van der Waals surface area contributed by atoms with E-state index in [1.54, 1.807) is 0 Å². The van der Waals surface area contributed by atoms with Crippen molar-refractivity contribution in [3.8, 4) is 0 Å². The van der Waals surface area contributed by atoms with Crippen molar-refractivity contribution in [1.29, 1.82) is 0 Å². The fourth-order valence-corrected chi connectivity index (χ4v) is 2.78. The molecule has 1 heterocycles. The van der Waals surface area contributed by atoms with Crippen LogP contribution in [0.1, 0.15) is 25.7 Å². The van der Waals surface area contributed by atoms with Crippen molar-refractivity contribution in [2.75, 3.05) is 38.1 Å². The summed E-state index contributed by atoms with van der Waals surface area (Å²) in [5, 5.41) is 6.38. The number of piperidine rings is 1. The lowest BCUT2D eigenvalue weighted by atomic mass is 9.94. The van der Waals surface area contributed by atoms with Crippen LogP contribution in [0.25, 0.3) is 0 Å². The summed E-state index contributed by atoms with van der Waals surface area (Å²) in [6, 6.07) is 10.3. The molecule has 0 unspecified atom stereocenters. The van der Waals surface area contributed by atoms with Crippen LogP contribution in [0.2, 0.25) is 0 Å². The maximum Gasteiger partial charge on any atom is 0.220 e. The summed E-state index contributed by atoms with van der Waals surface area (Å²) in [7, 11) is 2.09. The first kappa shape index (κ1) is 15.8. The van der Waals surface area contributed by atoms with E-state index in [-0.39, 0.29) is 5.91 Å². The van der Waals surface area contributed by atoms with E-state index in [9.17, 15) is 4.79 Å². The van der Waals surface area contributed by atoms with E-state index in [4.69, 9.17) is 0 Å². The third-order valence-electron chi connectivity index (χ3n) is 4.12. The number of benzene rings is 1. The van der Waals surface area contributed by atoms with Crippen LogP contribution in [0.4, 0.5) is 5.69 Å². The van der Waals surface area contributed by atoms with E-state index in [0.29, 0.717) is 12.3 Å². The van der Waals surface area contributed by atoms with E-state index in [1.165, 1.54) is 5.69 Å². The van der Waals surface area contributed by atoms with Crippen molar-refractivity contribution in [2.24, 2.45) is 5.92 Å². The molecule has 0 atom stereocenters. The highest BCUT2D eigenvalue weighted by atomic mass is 16.1. The molecular formula is C17H27N3O. The molecule has 4 nitrogen and oxygen atoms in total. The fourth-order valence-electron chi connectivity index (χ4n) is 2.78. The van der Waals surface area contributed by atoms with Crippen LogP contribution in [0.15, 0.2) is 30.3 Å². The highest BCUT2D eigenvalue weighted by Gasteiger charge is 2.16. The average molecular weight is 289 g/mol. The lowest BCUT2D eigenvalue weighted by Gasteiger charge is -2.22. The molecule has 0 saturated carbocycles. The highest BCUT2D eigenvalue weighted by Crippen LogP contribution is 2.15. The van der Waals surface area contributed by atoms with Crippen LogP contribution < -0.4 is 15.5 Å². The molecule has 1 amide bonds. The molecule has 0 spiro atoms. The number of carbonyl (C=O) groups excluding carboxylic acids is 1. The Balaban J connectivity index is 1.57. The van der Waals surface area contributed by atoms with Gasteiger partial charge >= 0.3 is 0 Å². The van der Waals surface area contributed by atoms with Crippen LogP contribution in [0.5, 0.6) is 0 Å². The number of anilines is 1. The monoisotopic (exact) mass is 289 g/mol. The Kier molecular flexibility index (Phi) is 6.54. The SMILES string of the molecule is CN(CCCNC(=O)CC1CCNCC1)c1ccccc1. The molecule has 21 heavy (non-hydrogen) atoms. The van der Waals surface area contributed by atoms with Crippen molar-refractivity contribution >= 4 is 11.6 Å². The molecule has 1 aromatic rings. The summed E-state index contributed by atoms with van der Waals surface area (Å²) < 4.78 is 0. The van der Waals surface area contributed by atoms with Gasteiger partial charge < -0.3 is 15.5 Å². The number of nitrogens with zero attached hydrogens (tertiary/aromatic N) is 1. The zero-order valence-electron chi connectivity index (χ0n) is 13.0. The van der Waals surface area contributed by atoms with E-state index in [0.717, 1.165) is 45.4 Å². The Hall–Kier alpha value is -1.55. The van der Waals surface area contributed by atoms with Gasteiger partial charge in [-0.3, -0.25) is 4.79 Å². The van der Waals surface area contributed by atoms with Gasteiger partial charge in [0, 0.05) is 32.2 Å². The van der Waals surface area contributed by atoms with Crippen LogP contribution in [-0.4, -0.2) is 39.1 Å². The number of hydrogen-bond donors (Lipinski definition) is 2. The van der Waals surface area contributed by atoms with Gasteiger partial charge in [-0.05, 0) is 50.4 Å². The van der Waals surface area contributed by atoms with E-state index < -0.39 is 0 Å². The van der Waals surface area contributed by atoms with Crippen LogP contribution in [0.3, 0.4) is 0 Å². The first-order chi connectivity index (χ1) is 10.3. The highest BCUT2D eigenvalue weighted by molar-refractivity contribution is 5.76. The number of amides is 1. The van der Waals surface area contributed by atoms with Gasteiger partial charge in [0.05, 0.1) is 0 Å². The number of para-hydroxylation sites is 1. The van der Waals surface area contributed by atoms with Crippen LogP contribution >= 0.6 is 0 Å². The molecule has 0 radical (unpaired) electrons. The van der Waals surface area contributed by atoms with Gasteiger partial charge in [0.1, 0.15) is 0 Å². The molecule has 1 fully saturated rings. The van der Waals surface area contributed by atoms with Crippen LogP contribution in [0, 0.1) is 5.92 Å². The fraction of sp³-hybridized carbons (Fsp3) is 0.588. The second-order valence-corrected chi connectivity index (χ2v) is 5.86. The molecule has 2 N–H and O–H groups in total. The summed E-state index contributed by atoms with van der Waals surface area (Å²) in [5.41, 5.74) is 1.22. The predicted molar refractivity (Wildman–Crippen MR) is 87.5 cm³/mol. The maximum atomic E-state index is 11.9. The number of rotatable bonds is 7. The third-order valence-corrected chi connectivity index (χ3v) is 4.12. The van der Waals surface area contributed by atoms with Crippen molar-refractivity contribution < 1.29 is 4.79 Å². The normalized spacial score (nSPS) is 15.7. The summed E-state index contributed by atoms with van der Waals surface area (Å²) >= 11 is 0. The molecule has 0 aliphatic carbocycles. The molecule has 1 aromatic carbocycles. The molecule has 116 valence electrons. The third kappa shape index (κ3) is 5.76. The summed E-state index contributed by atoms with van der Waals surface area (Å²) in [6.07, 6.45) is 3.92. The van der Waals surface area contributed by atoms with Crippen molar-refractivity contribution in [3.05, 3.63) is 30.3 Å². The van der Waals surface area contributed by atoms with Gasteiger partial charge in [-0.2, -0.15) is 0 Å². The van der Waals surface area contributed by atoms with E-state index in [1.807, 2.05) is 18.2 Å². The Bertz CT molecular complexity index is 415. The largest absolute Gasteiger partial charge is 0.375 e. The van der Waals surface area contributed by atoms with E-state index >= 15 is 0 Å². The lowest BCUT2D eigenvalue weighted by molar-refractivity contribution is -0.122. The Labute approximate surface area is 127 Å². The molecule has 1 aliphatic heterocycles. The van der Waals surface area contributed by atoms with Crippen molar-refractivity contribution in [3.63, 3.8) is 0 Å². The second kappa shape index (κ2) is 8.67. The smallest absolute Gasteiger partial charge is 0.220 e. The zero-order chi connectivity index (χ0) is 14.9. The number of carbonyl (C=O) groups is 1. The summed E-state index contributed by atoms with van der Waals surface area (Å²) in [5.74, 6) is 0.780. The van der Waals surface area contributed by atoms with Gasteiger partial charge in [-0.1, -0.05) is 18.2 Å². The molecule has 0 aromatic heterocycles. The average Bonchev–Trinajstić information content (AvgIpc) is 2.53. The molecular weight excluding hydrogens is 262 g/mol. The minimum absolute atomic E-state index is 0.212. The van der Waals surface area contributed by atoms with Crippen LogP contribution in [-0.2, 0) is 4.79 Å². The Morgan fingerprint density at radius 2 is 2.00 bits per heavy atom. The molecule has 2 rings (SSSR count). The number of hydrogen-bond acceptors (Lipinski definition) is 3. The van der Waals surface area contributed by atoms with Gasteiger partial charge in [-0.25, -0.2) is 0 Å². The molecule has 4 heteroatoms. The Morgan fingerprint density at radius 3 is 2.71 bits per heavy atom. The quantitative estimate of drug-likeness (QED) is 0.755. The first-order valence-electron chi connectivity index (χ1n) is 7.99. The minimum Gasteiger partial charge on any atom is -0.375 e. The minimum atomic E-state index is 0.212. The van der Waals surface area contributed by atoms with Gasteiger partial charge in [-0.15, -0.1) is 0 Å². The zero-order valence-corrected chi connectivity index (χ0v) is 13.0. The van der Waals surface area contributed by atoms with Gasteiger partial charge in [0.25, 0.3) is 0 Å². The maximum absolute atomic E-state index is 11.9. The van der Waals surface area contributed by atoms with Crippen molar-refractivity contribution in [1.82, 2.24) is 10.6 Å². The van der Waals surface area contributed by atoms with Gasteiger partial charge in [0.15, 0.2) is 0 Å².